The van der Waals surface area contributed by atoms with Crippen LogP contribution in [0.2, 0.25) is 0 Å². The number of allylic oxidation sites excluding steroid dienone is 8. The summed E-state index contributed by atoms with van der Waals surface area (Å²) in [4.78, 5) is 50.9. The van der Waals surface area contributed by atoms with Gasteiger partial charge in [-0.15, -0.1) is 0 Å². The van der Waals surface area contributed by atoms with Gasteiger partial charge in [-0.3, -0.25) is 9.59 Å². The summed E-state index contributed by atoms with van der Waals surface area (Å²) < 4.78 is 22.3. The fourth-order valence-corrected chi connectivity index (χ4v) is 5.53. The van der Waals surface area contributed by atoms with Gasteiger partial charge in [0.15, 0.2) is 5.92 Å². The van der Waals surface area contributed by atoms with Gasteiger partial charge in [-0.25, -0.2) is 9.59 Å². The van der Waals surface area contributed by atoms with Crippen LogP contribution in [-0.4, -0.2) is 35.5 Å². The normalized spacial score (nSPS) is 27.5. The molecule has 3 aliphatic carbocycles. The molecule has 4 fully saturated rings. The molecule has 2 aliphatic heterocycles. The Bertz CT molecular complexity index is 1080. The van der Waals surface area contributed by atoms with Crippen LogP contribution in [0.15, 0.2) is 59.3 Å². The number of carbonyl (C=O) groups excluding carboxylic acids is 4. The van der Waals surface area contributed by atoms with E-state index < -0.39 is 41.4 Å². The van der Waals surface area contributed by atoms with E-state index in [1.807, 2.05) is 18.2 Å². The standard InChI is InChI=1S/C29H32O8/c30-24-22(25(31)35-28(34-24)16-6-2-7-17-28)14-12-21(20-10-4-1-5-11-20)13-15-23-26(32)36-29(37-27(23)33)18-8-3-9-19-29/h1,4,10,12-15,22H,2-3,5-9,11,16-19H2. The van der Waals surface area contributed by atoms with Crippen LogP contribution >= 0.6 is 0 Å². The van der Waals surface area contributed by atoms with Crippen LogP contribution in [0.5, 0.6) is 0 Å². The summed E-state index contributed by atoms with van der Waals surface area (Å²) in [6.45, 7) is 0. The monoisotopic (exact) mass is 508 g/mol. The van der Waals surface area contributed by atoms with Crippen molar-refractivity contribution in [3.63, 3.8) is 0 Å². The summed E-state index contributed by atoms with van der Waals surface area (Å²) in [6, 6.07) is 0. The maximum atomic E-state index is 12.8. The molecule has 2 saturated heterocycles. The van der Waals surface area contributed by atoms with Gasteiger partial charge in [-0.1, -0.05) is 49.3 Å². The second kappa shape index (κ2) is 10.5. The van der Waals surface area contributed by atoms with Crippen LogP contribution in [-0.2, 0) is 38.1 Å². The maximum Gasteiger partial charge on any atom is 0.348 e. The molecule has 0 N–H and O–H groups in total. The van der Waals surface area contributed by atoms with Crippen molar-refractivity contribution >= 4 is 23.9 Å². The molecule has 0 amide bonds. The van der Waals surface area contributed by atoms with Crippen molar-refractivity contribution in [2.75, 3.05) is 0 Å². The van der Waals surface area contributed by atoms with Crippen molar-refractivity contribution in [1.29, 1.82) is 0 Å². The second-order valence-corrected chi connectivity index (χ2v) is 10.3. The minimum absolute atomic E-state index is 0.190. The zero-order valence-corrected chi connectivity index (χ0v) is 20.9. The number of carbonyl (C=O) groups is 4. The quantitative estimate of drug-likeness (QED) is 0.175. The number of ether oxygens (including phenoxy) is 4. The van der Waals surface area contributed by atoms with Gasteiger partial charge >= 0.3 is 23.9 Å². The Morgan fingerprint density at radius 2 is 1.35 bits per heavy atom. The molecule has 196 valence electrons. The Morgan fingerprint density at radius 3 is 1.89 bits per heavy atom. The van der Waals surface area contributed by atoms with Crippen LogP contribution in [0, 0.1) is 5.92 Å². The first-order valence-corrected chi connectivity index (χ1v) is 13.3. The van der Waals surface area contributed by atoms with Crippen LogP contribution in [0.3, 0.4) is 0 Å². The summed E-state index contributed by atoms with van der Waals surface area (Å²) in [7, 11) is 0. The Morgan fingerprint density at radius 1 is 0.784 bits per heavy atom. The van der Waals surface area contributed by atoms with Gasteiger partial charge in [0.25, 0.3) is 11.6 Å². The van der Waals surface area contributed by atoms with Gasteiger partial charge < -0.3 is 18.9 Å². The number of rotatable bonds is 4. The van der Waals surface area contributed by atoms with E-state index in [0.717, 1.165) is 56.9 Å². The predicted octanol–water partition coefficient (Wildman–Crippen LogP) is 4.81. The lowest BCUT2D eigenvalue weighted by atomic mass is 9.92. The molecule has 5 rings (SSSR count). The summed E-state index contributed by atoms with van der Waals surface area (Å²) >= 11 is 0. The van der Waals surface area contributed by atoms with Gasteiger partial charge in [0.1, 0.15) is 5.57 Å². The maximum absolute atomic E-state index is 12.8. The fourth-order valence-electron chi connectivity index (χ4n) is 5.53. The van der Waals surface area contributed by atoms with Crippen molar-refractivity contribution in [3.8, 4) is 0 Å². The molecule has 0 bridgehead atoms. The lowest BCUT2D eigenvalue weighted by Crippen LogP contribution is -2.50. The molecule has 0 radical (unpaired) electrons. The van der Waals surface area contributed by atoms with Crippen LogP contribution in [0.4, 0.5) is 0 Å². The van der Waals surface area contributed by atoms with Crippen LogP contribution in [0.25, 0.3) is 0 Å². The van der Waals surface area contributed by atoms with Crippen molar-refractivity contribution in [2.24, 2.45) is 5.92 Å². The van der Waals surface area contributed by atoms with E-state index >= 15 is 0 Å². The minimum atomic E-state index is -1.18. The van der Waals surface area contributed by atoms with E-state index in [-0.39, 0.29) is 5.57 Å². The summed E-state index contributed by atoms with van der Waals surface area (Å²) in [5.74, 6) is -6.11. The average molecular weight is 509 g/mol. The molecule has 8 heteroatoms. The predicted molar refractivity (Wildman–Crippen MR) is 131 cm³/mol. The van der Waals surface area contributed by atoms with E-state index in [1.165, 1.54) is 12.2 Å². The summed E-state index contributed by atoms with van der Waals surface area (Å²) in [5.41, 5.74) is 1.39. The molecule has 5 aliphatic rings. The third kappa shape index (κ3) is 5.48. The smallest absolute Gasteiger partial charge is 0.348 e. The van der Waals surface area contributed by atoms with Crippen molar-refractivity contribution in [2.45, 2.75) is 88.6 Å². The molecule has 2 saturated carbocycles. The highest BCUT2D eigenvalue weighted by Gasteiger charge is 2.49. The third-order valence-electron chi connectivity index (χ3n) is 7.59. The largest absolute Gasteiger partial charge is 0.422 e. The first-order chi connectivity index (χ1) is 17.9. The molecule has 0 aromatic rings. The summed E-state index contributed by atoms with van der Waals surface area (Å²) in [5, 5.41) is 0. The van der Waals surface area contributed by atoms with E-state index in [1.54, 1.807) is 12.2 Å². The first kappa shape index (κ1) is 25.2. The number of esters is 4. The summed E-state index contributed by atoms with van der Waals surface area (Å²) in [6.07, 6.45) is 20.9. The zero-order chi connectivity index (χ0) is 25.9. The van der Waals surface area contributed by atoms with Crippen LogP contribution < -0.4 is 0 Å². The topological polar surface area (TPSA) is 105 Å². The number of hydrogen-bond donors (Lipinski definition) is 0. The van der Waals surface area contributed by atoms with Crippen molar-refractivity contribution < 1.29 is 38.1 Å². The molecular formula is C29H32O8. The lowest BCUT2D eigenvalue weighted by Gasteiger charge is -2.40. The third-order valence-corrected chi connectivity index (χ3v) is 7.59. The zero-order valence-electron chi connectivity index (χ0n) is 20.9. The Hall–Kier alpha value is -3.42. The highest BCUT2D eigenvalue weighted by molar-refractivity contribution is 6.15. The number of hydrogen-bond acceptors (Lipinski definition) is 8. The highest BCUT2D eigenvalue weighted by atomic mass is 16.8. The molecule has 0 atom stereocenters. The van der Waals surface area contributed by atoms with E-state index in [9.17, 15) is 19.2 Å². The van der Waals surface area contributed by atoms with Gasteiger partial charge in [-0.2, -0.15) is 0 Å². The molecule has 2 heterocycles. The molecule has 37 heavy (non-hydrogen) atoms. The van der Waals surface area contributed by atoms with Gasteiger partial charge in [-0.05, 0) is 55.7 Å². The van der Waals surface area contributed by atoms with Gasteiger partial charge in [0, 0.05) is 25.7 Å². The molecular weight excluding hydrogens is 476 g/mol. The molecule has 0 aromatic heterocycles. The Labute approximate surface area is 216 Å². The first-order valence-electron chi connectivity index (χ1n) is 13.3. The van der Waals surface area contributed by atoms with Gasteiger partial charge in [0.05, 0.1) is 0 Å². The van der Waals surface area contributed by atoms with E-state index in [2.05, 4.69) is 0 Å². The van der Waals surface area contributed by atoms with E-state index in [4.69, 9.17) is 18.9 Å². The van der Waals surface area contributed by atoms with E-state index in [0.29, 0.717) is 31.3 Å². The van der Waals surface area contributed by atoms with Gasteiger partial charge in [0.2, 0.25) is 0 Å². The Balaban J connectivity index is 1.36. The lowest BCUT2D eigenvalue weighted by molar-refractivity contribution is -0.258. The molecule has 8 nitrogen and oxygen atoms in total. The average Bonchev–Trinajstić information content (AvgIpc) is 2.88. The SMILES string of the molecule is O=C1OC2(CCCCC2)OC(=O)C1=CC=C(C=CC1C(=O)OC2(CCCCC2)OC1=O)C1=CC=CCC1. The van der Waals surface area contributed by atoms with Crippen molar-refractivity contribution in [1.82, 2.24) is 0 Å². The molecule has 2 spiro atoms. The fraction of sp³-hybridized carbons (Fsp3) is 0.517. The Kier molecular flexibility index (Phi) is 7.17. The highest BCUT2D eigenvalue weighted by Crippen LogP contribution is 2.38. The van der Waals surface area contributed by atoms with Crippen molar-refractivity contribution in [3.05, 3.63) is 59.3 Å². The second-order valence-electron chi connectivity index (χ2n) is 10.3. The van der Waals surface area contributed by atoms with Crippen LogP contribution in [0.1, 0.15) is 77.0 Å². The minimum Gasteiger partial charge on any atom is -0.422 e. The molecule has 0 unspecified atom stereocenters. The molecule has 0 aromatic carbocycles.